The molecule has 1 aromatic rings. The van der Waals surface area contributed by atoms with Gasteiger partial charge in [0.1, 0.15) is 12.2 Å². The van der Waals surface area contributed by atoms with Crippen molar-refractivity contribution in [2.75, 3.05) is 14.2 Å². The van der Waals surface area contributed by atoms with Crippen molar-refractivity contribution in [2.24, 2.45) is 0 Å². The summed E-state index contributed by atoms with van der Waals surface area (Å²) >= 11 is 5.80. The standard InChI is InChI=1S/C12H15ClO3/c1-8(14)11(15-2)12(16-3)9-4-6-10(13)7-5-9/h4-7,11-12H,1-3H3/t11-,12-/m0/s1. The second-order valence-electron chi connectivity index (χ2n) is 3.47. The van der Waals surface area contributed by atoms with Crippen molar-refractivity contribution >= 4 is 17.4 Å². The van der Waals surface area contributed by atoms with Gasteiger partial charge >= 0.3 is 0 Å². The second-order valence-corrected chi connectivity index (χ2v) is 3.91. The highest BCUT2D eigenvalue weighted by Crippen LogP contribution is 2.24. The molecule has 88 valence electrons. The van der Waals surface area contributed by atoms with Crippen molar-refractivity contribution in [1.82, 2.24) is 0 Å². The maximum absolute atomic E-state index is 11.4. The monoisotopic (exact) mass is 242 g/mol. The highest BCUT2D eigenvalue weighted by molar-refractivity contribution is 6.30. The van der Waals surface area contributed by atoms with E-state index in [1.165, 1.54) is 14.0 Å². The summed E-state index contributed by atoms with van der Waals surface area (Å²) in [5.41, 5.74) is 0.869. The van der Waals surface area contributed by atoms with Crippen LogP contribution < -0.4 is 0 Å². The summed E-state index contributed by atoms with van der Waals surface area (Å²) in [4.78, 5) is 11.4. The molecule has 0 unspecified atom stereocenters. The first-order valence-electron chi connectivity index (χ1n) is 4.91. The Morgan fingerprint density at radius 1 is 1.19 bits per heavy atom. The number of carbonyl (C=O) groups is 1. The lowest BCUT2D eigenvalue weighted by Gasteiger charge is -2.23. The van der Waals surface area contributed by atoms with E-state index in [0.29, 0.717) is 5.02 Å². The third-order valence-electron chi connectivity index (χ3n) is 2.38. The number of halogens is 1. The summed E-state index contributed by atoms with van der Waals surface area (Å²) in [6.07, 6.45) is -0.994. The molecule has 0 radical (unpaired) electrons. The van der Waals surface area contributed by atoms with Gasteiger partial charge in [-0.1, -0.05) is 23.7 Å². The number of rotatable bonds is 5. The van der Waals surface area contributed by atoms with Crippen molar-refractivity contribution in [3.63, 3.8) is 0 Å². The van der Waals surface area contributed by atoms with E-state index < -0.39 is 12.2 Å². The number of hydrogen-bond donors (Lipinski definition) is 0. The van der Waals surface area contributed by atoms with Crippen LogP contribution in [0.3, 0.4) is 0 Å². The summed E-state index contributed by atoms with van der Waals surface area (Å²) in [5.74, 6) is -0.0655. The van der Waals surface area contributed by atoms with Crippen molar-refractivity contribution in [3.8, 4) is 0 Å². The van der Waals surface area contributed by atoms with Gasteiger partial charge in [-0.2, -0.15) is 0 Å². The molecule has 0 bridgehead atoms. The van der Waals surface area contributed by atoms with Gasteiger partial charge in [0, 0.05) is 19.2 Å². The molecular formula is C12H15ClO3. The predicted molar refractivity (Wildman–Crippen MR) is 62.7 cm³/mol. The summed E-state index contributed by atoms with van der Waals surface area (Å²) in [7, 11) is 3.04. The van der Waals surface area contributed by atoms with Crippen LogP contribution >= 0.6 is 11.6 Å². The first-order chi connectivity index (χ1) is 7.60. The maximum atomic E-state index is 11.4. The van der Waals surface area contributed by atoms with Crippen LogP contribution in [-0.4, -0.2) is 26.1 Å². The van der Waals surface area contributed by atoms with Gasteiger partial charge in [-0.3, -0.25) is 4.79 Å². The molecule has 0 spiro atoms. The topological polar surface area (TPSA) is 35.5 Å². The van der Waals surface area contributed by atoms with Gasteiger partial charge in [-0.25, -0.2) is 0 Å². The SMILES string of the molecule is CO[C@@H](C(C)=O)[C@@H](OC)c1ccc(Cl)cc1. The summed E-state index contributed by atoms with van der Waals surface area (Å²) in [6.45, 7) is 1.48. The molecule has 0 saturated carbocycles. The van der Waals surface area contributed by atoms with Crippen LogP contribution in [0.4, 0.5) is 0 Å². The molecule has 0 aliphatic heterocycles. The molecule has 0 aromatic heterocycles. The Balaban J connectivity index is 2.96. The fourth-order valence-electron chi connectivity index (χ4n) is 1.59. The highest BCUT2D eigenvalue weighted by Gasteiger charge is 2.26. The zero-order valence-corrected chi connectivity index (χ0v) is 10.3. The van der Waals surface area contributed by atoms with E-state index in [2.05, 4.69) is 0 Å². The number of Topliss-reactive ketones (excluding diaryl/α,β-unsaturated/α-hetero) is 1. The van der Waals surface area contributed by atoms with Gasteiger partial charge in [-0.15, -0.1) is 0 Å². The molecular weight excluding hydrogens is 228 g/mol. The van der Waals surface area contributed by atoms with Crippen LogP contribution in [0, 0.1) is 0 Å². The Hall–Kier alpha value is -0.900. The molecule has 0 heterocycles. The molecule has 0 aliphatic rings. The average molecular weight is 243 g/mol. The number of ether oxygens (including phenoxy) is 2. The summed E-state index contributed by atoms with van der Waals surface area (Å²) in [6, 6.07) is 7.17. The number of benzene rings is 1. The molecule has 0 fully saturated rings. The molecule has 16 heavy (non-hydrogen) atoms. The molecule has 1 rings (SSSR count). The molecule has 2 atom stereocenters. The van der Waals surface area contributed by atoms with E-state index in [9.17, 15) is 4.79 Å². The van der Waals surface area contributed by atoms with Crippen LogP contribution in [0.1, 0.15) is 18.6 Å². The van der Waals surface area contributed by atoms with E-state index >= 15 is 0 Å². The maximum Gasteiger partial charge on any atom is 0.161 e. The van der Waals surface area contributed by atoms with E-state index in [1.54, 1.807) is 19.2 Å². The van der Waals surface area contributed by atoms with Crippen molar-refractivity contribution in [1.29, 1.82) is 0 Å². The Morgan fingerprint density at radius 2 is 1.75 bits per heavy atom. The van der Waals surface area contributed by atoms with Crippen LogP contribution in [-0.2, 0) is 14.3 Å². The third kappa shape index (κ3) is 3.04. The second kappa shape index (κ2) is 5.99. The minimum absolute atomic E-state index is 0.0655. The minimum Gasteiger partial charge on any atom is -0.374 e. The zero-order valence-electron chi connectivity index (χ0n) is 9.57. The predicted octanol–water partition coefficient (Wildman–Crippen LogP) is 2.63. The van der Waals surface area contributed by atoms with Crippen LogP contribution in [0.25, 0.3) is 0 Å². The molecule has 4 heteroatoms. The molecule has 0 saturated heterocycles. The normalized spacial score (nSPS) is 14.5. The molecule has 0 amide bonds. The number of hydrogen-bond acceptors (Lipinski definition) is 3. The quantitative estimate of drug-likeness (QED) is 0.796. The van der Waals surface area contributed by atoms with Crippen LogP contribution in [0.2, 0.25) is 5.02 Å². The average Bonchev–Trinajstić information content (AvgIpc) is 2.26. The summed E-state index contributed by atoms with van der Waals surface area (Å²) in [5, 5.41) is 0.649. The van der Waals surface area contributed by atoms with Crippen molar-refractivity contribution < 1.29 is 14.3 Å². The van der Waals surface area contributed by atoms with Gasteiger partial charge in [0.05, 0.1) is 0 Å². The lowest BCUT2D eigenvalue weighted by Crippen LogP contribution is -2.29. The smallest absolute Gasteiger partial charge is 0.161 e. The Kier molecular flexibility index (Phi) is 4.93. The number of ketones is 1. The number of methoxy groups -OCH3 is 2. The minimum atomic E-state index is -0.592. The van der Waals surface area contributed by atoms with Gasteiger partial charge in [-0.05, 0) is 24.6 Å². The lowest BCUT2D eigenvalue weighted by molar-refractivity contribution is -0.135. The van der Waals surface area contributed by atoms with E-state index in [1.807, 2.05) is 12.1 Å². The Labute approximate surface area is 100 Å². The summed E-state index contributed by atoms with van der Waals surface area (Å²) < 4.78 is 10.4. The zero-order chi connectivity index (χ0) is 12.1. The molecule has 3 nitrogen and oxygen atoms in total. The van der Waals surface area contributed by atoms with Gasteiger partial charge < -0.3 is 9.47 Å². The van der Waals surface area contributed by atoms with Gasteiger partial charge in [0.15, 0.2) is 5.78 Å². The first kappa shape index (κ1) is 13.2. The van der Waals surface area contributed by atoms with E-state index in [0.717, 1.165) is 5.56 Å². The van der Waals surface area contributed by atoms with E-state index in [-0.39, 0.29) is 5.78 Å². The van der Waals surface area contributed by atoms with Gasteiger partial charge in [0.2, 0.25) is 0 Å². The molecule has 1 aromatic carbocycles. The molecule has 0 N–H and O–H groups in total. The fourth-order valence-corrected chi connectivity index (χ4v) is 1.72. The number of carbonyl (C=O) groups excluding carboxylic acids is 1. The van der Waals surface area contributed by atoms with Crippen molar-refractivity contribution in [3.05, 3.63) is 34.9 Å². The Bertz CT molecular complexity index is 348. The lowest BCUT2D eigenvalue weighted by atomic mass is 10.0. The van der Waals surface area contributed by atoms with Crippen LogP contribution in [0.5, 0.6) is 0 Å². The van der Waals surface area contributed by atoms with Gasteiger partial charge in [0.25, 0.3) is 0 Å². The first-order valence-corrected chi connectivity index (χ1v) is 5.29. The molecule has 0 aliphatic carbocycles. The fraction of sp³-hybridized carbons (Fsp3) is 0.417. The third-order valence-corrected chi connectivity index (χ3v) is 2.63. The van der Waals surface area contributed by atoms with Crippen LogP contribution in [0.15, 0.2) is 24.3 Å². The van der Waals surface area contributed by atoms with E-state index in [4.69, 9.17) is 21.1 Å². The highest BCUT2D eigenvalue weighted by atomic mass is 35.5. The Morgan fingerprint density at radius 3 is 2.12 bits per heavy atom. The largest absolute Gasteiger partial charge is 0.374 e. The van der Waals surface area contributed by atoms with Crippen molar-refractivity contribution in [2.45, 2.75) is 19.1 Å².